The molecule has 5 heteroatoms. The standard InChI is InChI=1S/C7H15BO4/c1-3-7(2,11)6(10)5(4-9)12-8/h5-6,9-11H,3-4H2,1-2H3/t5?,6?,7-/m1/s1. The molecule has 0 aromatic heterocycles. The van der Waals surface area contributed by atoms with E-state index in [1.807, 2.05) is 0 Å². The molecule has 0 aliphatic rings. The van der Waals surface area contributed by atoms with Gasteiger partial charge in [0.25, 0.3) is 8.05 Å². The Morgan fingerprint density at radius 1 is 1.58 bits per heavy atom. The van der Waals surface area contributed by atoms with E-state index in [1.54, 1.807) is 6.92 Å². The Kier molecular flexibility index (Phi) is 4.78. The lowest BCUT2D eigenvalue weighted by atomic mass is 9.92. The molecule has 2 radical (unpaired) electrons. The molecule has 0 spiro atoms. The van der Waals surface area contributed by atoms with Crippen molar-refractivity contribution in [2.45, 2.75) is 38.1 Å². The van der Waals surface area contributed by atoms with E-state index >= 15 is 0 Å². The van der Waals surface area contributed by atoms with E-state index in [1.165, 1.54) is 6.92 Å². The molecule has 12 heavy (non-hydrogen) atoms. The maximum absolute atomic E-state index is 9.53. The van der Waals surface area contributed by atoms with Crippen LogP contribution < -0.4 is 0 Å². The number of rotatable bonds is 5. The summed E-state index contributed by atoms with van der Waals surface area (Å²) < 4.78 is 4.29. The van der Waals surface area contributed by atoms with E-state index < -0.39 is 24.4 Å². The monoisotopic (exact) mass is 174 g/mol. The molecule has 3 atom stereocenters. The van der Waals surface area contributed by atoms with Gasteiger partial charge in [-0.1, -0.05) is 6.92 Å². The molecule has 4 nitrogen and oxygen atoms in total. The Balaban J connectivity index is 4.23. The Morgan fingerprint density at radius 3 is 2.33 bits per heavy atom. The van der Waals surface area contributed by atoms with Gasteiger partial charge in [0.05, 0.1) is 18.3 Å². The van der Waals surface area contributed by atoms with Gasteiger partial charge < -0.3 is 20.0 Å². The van der Waals surface area contributed by atoms with Crippen LogP contribution in [-0.4, -0.2) is 47.8 Å². The van der Waals surface area contributed by atoms with Gasteiger partial charge in [0.2, 0.25) is 0 Å². The molecule has 2 unspecified atom stereocenters. The molecule has 0 aromatic rings. The SMILES string of the molecule is [B]OC(CO)C(O)[C@](C)(O)CC. The van der Waals surface area contributed by atoms with Gasteiger partial charge in [-0.25, -0.2) is 0 Å². The van der Waals surface area contributed by atoms with Gasteiger partial charge in [0.15, 0.2) is 0 Å². The van der Waals surface area contributed by atoms with Crippen LogP contribution in [0.5, 0.6) is 0 Å². The molecule has 0 aliphatic heterocycles. The average Bonchev–Trinajstić information content (AvgIpc) is 2.06. The Morgan fingerprint density at radius 2 is 2.08 bits per heavy atom. The highest BCUT2D eigenvalue weighted by Crippen LogP contribution is 2.18. The topological polar surface area (TPSA) is 69.9 Å². The molecule has 0 bridgehead atoms. The van der Waals surface area contributed by atoms with Crippen LogP contribution in [0.2, 0.25) is 0 Å². The van der Waals surface area contributed by atoms with Crippen molar-refractivity contribution in [2.24, 2.45) is 0 Å². The minimum absolute atomic E-state index is 0.355. The van der Waals surface area contributed by atoms with Crippen molar-refractivity contribution in [2.75, 3.05) is 6.61 Å². The van der Waals surface area contributed by atoms with Gasteiger partial charge in [0, 0.05) is 0 Å². The van der Waals surface area contributed by atoms with Crippen LogP contribution in [0, 0.1) is 0 Å². The third-order valence-corrected chi connectivity index (χ3v) is 2.06. The number of aliphatic hydroxyl groups excluding tert-OH is 2. The van der Waals surface area contributed by atoms with Gasteiger partial charge in [-0.3, -0.25) is 0 Å². The van der Waals surface area contributed by atoms with E-state index in [0.717, 1.165) is 0 Å². The van der Waals surface area contributed by atoms with Gasteiger partial charge in [-0.15, -0.1) is 0 Å². The lowest BCUT2D eigenvalue weighted by Gasteiger charge is -2.32. The average molecular weight is 174 g/mol. The van der Waals surface area contributed by atoms with Crippen molar-refractivity contribution >= 4 is 8.05 Å². The van der Waals surface area contributed by atoms with Gasteiger partial charge in [-0.2, -0.15) is 0 Å². The maximum Gasteiger partial charge on any atom is 0.283 e. The molecule has 0 amide bonds. The molecule has 3 N–H and O–H groups in total. The van der Waals surface area contributed by atoms with Gasteiger partial charge >= 0.3 is 0 Å². The molecule has 0 rings (SSSR count). The van der Waals surface area contributed by atoms with Crippen molar-refractivity contribution in [1.82, 2.24) is 0 Å². The number of hydrogen-bond donors (Lipinski definition) is 3. The highest BCUT2D eigenvalue weighted by atomic mass is 16.5. The van der Waals surface area contributed by atoms with E-state index in [-0.39, 0.29) is 0 Å². The van der Waals surface area contributed by atoms with Crippen LogP contribution in [0.3, 0.4) is 0 Å². The van der Waals surface area contributed by atoms with Gasteiger partial charge in [0.1, 0.15) is 6.10 Å². The van der Waals surface area contributed by atoms with Crippen LogP contribution >= 0.6 is 0 Å². The molecule has 0 heterocycles. The first-order valence-electron chi connectivity index (χ1n) is 3.86. The second kappa shape index (κ2) is 4.82. The molecule has 0 saturated carbocycles. The van der Waals surface area contributed by atoms with Crippen molar-refractivity contribution in [3.05, 3.63) is 0 Å². The maximum atomic E-state index is 9.53. The summed E-state index contributed by atoms with van der Waals surface area (Å²) in [6, 6.07) is 0. The number of hydrogen-bond acceptors (Lipinski definition) is 4. The zero-order valence-electron chi connectivity index (χ0n) is 7.40. The molecular weight excluding hydrogens is 159 g/mol. The number of aliphatic hydroxyl groups is 3. The van der Waals surface area contributed by atoms with Crippen LogP contribution in [0.25, 0.3) is 0 Å². The van der Waals surface area contributed by atoms with E-state index in [0.29, 0.717) is 6.42 Å². The second-order valence-corrected chi connectivity index (χ2v) is 3.01. The molecule has 0 aliphatic carbocycles. The predicted molar refractivity (Wildman–Crippen MR) is 44.6 cm³/mol. The summed E-state index contributed by atoms with van der Waals surface area (Å²) in [5.74, 6) is 0. The smallest absolute Gasteiger partial charge is 0.283 e. The summed E-state index contributed by atoms with van der Waals surface area (Å²) in [6.07, 6.45) is -1.77. The minimum atomic E-state index is -1.28. The fourth-order valence-electron chi connectivity index (χ4n) is 0.827. The highest BCUT2D eigenvalue weighted by molar-refractivity contribution is 5.98. The zero-order chi connectivity index (χ0) is 9.78. The van der Waals surface area contributed by atoms with E-state index in [4.69, 9.17) is 13.2 Å². The van der Waals surface area contributed by atoms with Crippen LogP contribution in [0.15, 0.2) is 0 Å². The summed E-state index contributed by atoms with van der Waals surface area (Å²) >= 11 is 0. The summed E-state index contributed by atoms with van der Waals surface area (Å²) in [6.45, 7) is 2.75. The van der Waals surface area contributed by atoms with Crippen molar-refractivity contribution in [1.29, 1.82) is 0 Å². The Hall–Kier alpha value is -0.0951. The quantitative estimate of drug-likeness (QED) is 0.466. The molecular formula is C7H15BO4. The third kappa shape index (κ3) is 2.75. The first-order chi connectivity index (χ1) is 5.49. The lowest BCUT2D eigenvalue weighted by molar-refractivity contribution is -0.118. The zero-order valence-corrected chi connectivity index (χ0v) is 7.40. The van der Waals surface area contributed by atoms with E-state index in [2.05, 4.69) is 4.65 Å². The summed E-state index contributed by atoms with van der Waals surface area (Å²) in [4.78, 5) is 0. The van der Waals surface area contributed by atoms with Crippen LogP contribution in [0.1, 0.15) is 20.3 Å². The Labute approximate surface area is 73.6 Å². The van der Waals surface area contributed by atoms with Crippen molar-refractivity contribution in [3.63, 3.8) is 0 Å². The highest BCUT2D eigenvalue weighted by Gasteiger charge is 2.34. The summed E-state index contributed by atoms with van der Waals surface area (Å²) in [5.41, 5.74) is -1.28. The molecule has 0 saturated heterocycles. The van der Waals surface area contributed by atoms with Crippen LogP contribution in [0.4, 0.5) is 0 Å². The minimum Gasteiger partial charge on any atom is -0.440 e. The predicted octanol–water partition coefficient (Wildman–Crippen LogP) is -1.03. The Bertz CT molecular complexity index is 125. The van der Waals surface area contributed by atoms with Crippen molar-refractivity contribution < 1.29 is 20.0 Å². The van der Waals surface area contributed by atoms with Gasteiger partial charge in [-0.05, 0) is 13.3 Å². The lowest BCUT2D eigenvalue weighted by Crippen LogP contribution is -2.48. The first-order valence-corrected chi connectivity index (χ1v) is 3.86. The molecule has 0 aromatic carbocycles. The van der Waals surface area contributed by atoms with Crippen molar-refractivity contribution in [3.8, 4) is 0 Å². The third-order valence-electron chi connectivity index (χ3n) is 2.06. The fourth-order valence-corrected chi connectivity index (χ4v) is 0.827. The largest absolute Gasteiger partial charge is 0.440 e. The normalized spacial score (nSPS) is 21.4. The fraction of sp³-hybridized carbons (Fsp3) is 1.00. The van der Waals surface area contributed by atoms with E-state index in [9.17, 15) is 10.2 Å². The second-order valence-electron chi connectivity index (χ2n) is 3.01. The summed E-state index contributed by atoms with van der Waals surface area (Å²) in [7, 11) is 4.80. The van der Waals surface area contributed by atoms with Crippen LogP contribution in [-0.2, 0) is 4.65 Å². The molecule has 0 fully saturated rings. The first kappa shape index (κ1) is 11.9. The molecule has 70 valence electrons. The summed E-state index contributed by atoms with van der Waals surface area (Å²) in [5, 5.41) is 27.6.